The van der Waals surface area contributed by atoms with Gasteiger partial charge in [0.15, 0.2) is 0 Å². The van der Waals surface area contributed by atoms with Crippen molar-refractivity contribution in [3.8, 4) is 5.69 Å². The molecule has 1 aromatic heterocycles. The number of imidazole rings is 1. The molecule has 2 aromatic rings. The molecular formula is C15H17ClN4O. The number of benzene rings is 1. The standard InChI is InChI=1S/C15H17ClN4O/c1-12(21)18-7-9-19(10-8-18)15-17-5-6-20(15)14-4-2-3-13(16)11-14/h2-6,11H,7-10H2,1H3. The van der Waals surface area contributed by atoms with Gasteiger partial charge in [0.05, 0.1) is 0 Å². The molecule has 0 atom stereocenters. The lowest BCUT2D eigenvalue weighted by molar-refractivity contribution is -0.129. The molecule has 3 rings (SSSR count). The second kappa shape index (κ2) is 5.77. The van der Waals surface area contributed by atoms with E-state index >= 15 is 0 Å². The minimum Gasteiger partial charge on any atom is -0.339 e. The van der Waals surface area contributed by atoms with E-state index in [1.807, 2.05) is 39.9 Å². The monoisotopic (exact) mass is 304 g/mol. The summed E-state index contributed by atoms with van der Waals surface area (Å²) in [7, 11) is 0. The number of piperazine rings is 1. The largest absolute Gasteiger partial charge is 0.339 e. The van der Waals surface area contributed by atoms with Crippen LogP contribution in [0.3, 0.4) is 0 Å². The van der Waals surface area contributed by atoms with Gasteiger partial charge in [-0.2, -0.15) is 0 Å². The van der Waals surface area contributed by atoms with E-state index in [4.69, 9.17) is 11.6 Å². The Kier molecular flexibility index (Phi) is 3.84. The SMILES string of the molecule is CC(=O)N1CCN(c2nccn2-c2cccc(Cl)c2)CC1. The van der Waals surface area contributed by atoms with Crippen molar-refractivity contribution in [3.05, 3.63) is 41.7 Å². The average Bonchev–Trinajstić information content (AvgIpc) is 2.97. The molecular weight excluding hydrogens is 288 g/mol. The van der Waals surface area contributed by atoms with E-state index in [0.717, 1.165) is 37.8 Å². The Balaban J connectivity index is 1.82. The van der Waals surface area contributed by atoms with E-state index in [0.29, 0.717) is 5.02 Å². The summed E-state index contributed by atoms with van der Waals surface area (Å²) in [6, 6.07) is 7.70. The lowest BCUT2D eigenvalue weighted by atomic mass is 10.3. The second-order valence-corrected chi connectivity index (χ2v) is 5.51. The number of hydrogen-bond donors (Lipinski definition) is 0. The molecule has 0 bridgehead atoms. The van der Waals surface area contributed by atoms with E-state index < -0.39 is 0 Å². The summed E-state index contributed by atoms with van der Waals surface area (Å²) >= 11 is 6.06. The lowest BCUT2D eigenvalue weighted by Crippen LogP contribution is -2.48. The lowest BCUT2D eigenvalue weighted by Gasteiger charge is -2.35. The van der Waals surface area contributed by atoms with Crippen molar-refractivity contribution in [1.82, 2.24) is 14.5 Å². The Morgan fingerprint density at radius 2 is 2.00 bits per heavy atom. The third-order valence-electron chi connectivity index (χ3n) is 3.72. The third-order valence-corrected chi connectivity index (χ3v) is 3.95. The summed E-state index contributed by atoms with van der Waals surface area (Å²) in [5.74, 6) is 1.02. The van der Waals surface area contributed by atoms with E-state index in [-0.39, 0.29) is 5.91 Å². The molecule has 6 heteroatoms. The Hall–Kier alpha value is -2.01. The van der Waals surface area contributed by atoms with Gasteiger partial charge in [0.2, 0.25) is 11.9 Å². The fourth-order valence-corrected chi connectivity index (χ4v) is 2.76. The van der Waals surface area contributed by atoms with Crippen molar-refractivity contribution >= 4 is 23.5 Å². The van der Waals surface area contributed by atoms with Gasteiger partial charge in [-0.15, -0.1) is 0 Å². The Morgan fingerprint density at radius 1 is 1.24 bits per heavy atom. The number of anilines is 1. The molecule has 1 aliphatic rings. The molecule has 2 heterocycles. The van der Waals surface area contributed by atoms with Crippen LogP contribution < -0.4 is 4.90 Å². The maximum absolute atomic E-state index is 11.4. The number of halogens is 1. The molecule has 110 valence electrons. The first-order valence-electron chi connectivity index (χ1n) is 6.95. The molecule has 0 unspecified atom stereocenters. The Labute approximate surface area is 128 Å². The van der Waals surface area contributed by atoms with Crippen molar-refractivity contribution in [1.29, 1.82) is 0 Å². The molecule has 0 N–H and O–H groups in total. The minimum atomic E-state index is 0.132. The highest BCUT2D eigenvalue weighted by Gasteiger charge is 2.21. The van der Waals surface area contributed by atoms with Gasteiger partial charge in [-0.1, -0.05) is 17.7 Å². The van der Waals surface area contributed by atoms with Crippen molar-refractivity contribution < 1.29 is 4.79 Å². The van der Waals surface area contributed by atoms with Crippen LogP contribution in [-0.4, -0.2) is 46.5 Å². The van der Waals surface area contributed by atoms with Crippen LogP contribution in [0.15, 0.2) is 36.7 Å². The van der Waals surface area contributed by atoms with Gasteiger partial charge >= 0.3 is 0 Å². The van der Waals surface area contributed by atoms with Crippen LogP contribution in [0.4, 0.5) is 5.95 Å². The zero-order valence-corrected chi connectivity index (χ0v) is 12.6. The minimum absolute atomic E-state index is 0.132. The first-order chi connectivity index (χ1) is 10.1. The molecule has 5 nitrogen and oxygen atoms in total. The van der Waals surface area contributed by atoms with Crippen LogP contribution in [0.25, 0.3) is 5.69 Å². The molecule has 1 fully saturated rings. The van der Waals surface area contributed by atoms with Crippen LogP contribution in [0.5, 0.6) is 0 Å². The molecule has 0 saturated carbocycles. The normalized spacial score (nSPS) is 15.3. The highest BCUT2D eigenvalue weighted by Crippen LogP contribution is 2.21. The number of carbonyl (C=O) groups excluding carboxylic acids is 1. The van der Waals surface area contributed by atoms with E-state index in [2.05, 4.69) is 9.88 Å². The van der Waals surface area contributed by atoms with Crippen molar-refractivity contribution in [2.75, 3.05) is 31.1 Å². The average molecular weight is 305 g/mol. The Bertz CT molecular complexity index is 647. The topological polar surface area (TPSA) is 41.4 Å². The van der Waals surface area contributed by atoms with Crippen molar-refractivity contribution in [2.45, 2.75) is 6.92 Å². The fraction of sp³-hybridized carbons (Fsp3) is 0.333. The smallest absolute Gasteiger partial charge is 0.219 e. The number of aromatic nitrogens is 2. The molecule has 0 aliphatic carbocycles. The van der Waals surface area contributed by atoms with E-state index in [1.54, 1.807) is 13.1 Å². The number of rotatable bonds is 2. The molecule has 1 amide bonds. The maximum atomic E-state index is 11.4. The second-order valence-electron chi connectivity index (χ2n) is 5.07. The zero-order valence-electron chi connectivity index (χ0n) is 11.9. The number of hydrogen-bond acceptors (Lipinski definition) is 3. The molecule has 1 aliphatic heterocycles. The summed E-state index contributed by atoms with van der Waals surface area (Å²) in [4.78, 5) is 19.9. The zero-order chi connectivity index (χ0) is 14.8. The third kappa shape index (κ3) is 2.88. The number of carbonyl (C=O) groups is 1. The van der Waals surface area contributed by atoms with Gasteiger partial charge < -0.3 is 9.80 Å². The predicted molar refractivity (Wildman–Crippen MR) is 83.0 cm³/mol. The van der Waals surface area contributed by atoms with Gasteiger partial charge in [0.25, 0.3) is 0 Å². The highest BCUT2D eigenvalue weighted by molar-refractivity contribution is 6.30. The summed E-state index contributed by atoms with van der Waals surface area (Å²) in [5.41, 5.74) is 0.990. The van der Waals surface area contributed by atoms with Crippen molar-refractivity contribution in [3.63, 3.8) is 0 Å². The summed E-state index contributed by atoms with van der Waals surface area (Å²) < 4.78 is 2.02. The maximum Gasteiger partial charge on any atom is 0.219 e. The summed E-state index contributed by atoms with van der Waals surface area (Å²) in [6.45, 7) is 4.66. The van der Waals surface area contributed by atoms with Gasteiger partial charge in [-0.3, -0.25) is 9.36 Å². The summed E-state index contributed by atoms with van der Waals surface area (Å²) in [5, 5.41) is 0.702. The van der Waals surface area contributed by atoms with Gasteiger partial charge in [0, 0.05) is 56.2 Å². The van der Waals surface area contributed by atoms with Crippen LogP contribution >= 0.6 is 11.6 Å². The first-order valence-corrected chi connectivity index (χ1v) is 7.33. The van der Waals surface area contributed by atoms with Crippen LogP contribution in [0.1, 0.15) is 6.92 Å². The van der Waals surface area contributed by atoms with Crippen LogP contribution in [0, 0.1) is 0 Å². The fourth-order valence-electron chi connectivity index (χ4n) is 2.58. The number of amides is 1. The number of nitrogens with zero attached hydrogens (tertiary/aromatic N) is 4. The van der Waals surface area contributed by atoms with E-state index in [9.17, 15) is 4.79 Å². The van der Waals surface area contributed by atoms with Gasteiger partial charge in [-0.05, 0) is 18.2 Å². The molecule has 21 heavy (non-hydrogen) atoms. The molecule has 0 spiro atoms. The predicted octanol–water partition coefficient (Wildman–Crippen LogP) is 2.19. The molecule has 0 radical (unpaired) electrons. The Morgan fingerprint density at radius 3 is 2.67 bits per heavy atom. The van der Waals surface area contributed by atoms with Gasteiger partial charge in [0.1, 0.15) is 0 Å². The van der Waals surface area contributed by atoms with Crippen LogP contribution in [-0.2, 0) is 4.79 Å². The highest BCUT2D eigenvalue weighted by atomic mass is 35.5. The van der Waals surface area contributed by atoms with Crippen molar-refractivity contribution in [2.24, 2.45) is 0 Å². The first kappa shape index (κ1) is 13.9. The molecule has 1 aromatic carbocycles. The van der Waals surface area contributed by atoms with Crippen LogP contribution in [0.2, 0.25) is 5.02 Å². The summed E-state index contributed by atoms with van der Waals surface area (Å²) in [6.07, 6.45) is 3.71. The van der Waals surface area contributed by atoms with E-state index in [1.165, 1.54) is 0 Å². The molecule has 1 saturated heterocycles. The quantitative estimate of drug-likeness (QED) is 0.854. The van der Waals surface area contributed by atoms with Gasteiger partial charge in [-0.25, -0.2) is 4.98 Å².